The molecule has 0 aliphatic rings. The number of H-pyrrole nitrogens is 1. The van der Waals surface area contributed by atoms with Gasteiger partial charge in [-0.25, -0.2) is 13.4 Å². The molecule has 3 aromatic heterocycles. The number of oxime groups is 1. The number of benzene rings is 1. The van der Waals surface area contributed by atoms with E-state index in [1.165, 1.54) is 37.6 Å². The molecule has 8 nitrogen and oxygen atoms in total. The number of anilines is 1. The summed E-state index contributed by atoms with van der Waals surface area (Å²) in [4.78, 5) is 16.8. The summed E-state index contributed by atoms with van der Waals surface area (Å²) in [6.45, 7) is 1.72. The SMILES string of the molecule is CO/N=C(\c1ncc(Cl)cc1NS(=O)(=O)c1ccc(Cl)c(C)c1)c1ccnc2[nH]ccc12. The minimum Gasteiger partial charge on any atom is -0.399 e. The van der Waals surface area contributed by atoms with Gasteiger partial charge in [-0.05, 0) is 48.9 Å². The standard InChI is InChI=1S/C21H17Cl2N5O3S/c1-12-9-14(3-4-17(12)23)32(29,30)28-18-10-13(22)11-26-20(18)19(27-31-2)15-5-7-24-21-16(15)6-8-25-21/h3-11,28H,1-2H3,(H,24,25)/b27-19-. The third-order valence-corrected chi connectivity index (χ3v) is 6.65. The molecule has 4 aromatic rings. The molecule has 164 valence electrons. The number of nitrogens with one attached hydrogen (secondary N) is 2. The highest BCUT2D eigenvalue weighted by Crippen LogP contribution is 2.28. The van der Waals surface area contributed by atoms with Crippen LogP contribution in [0.3, 0.4) is 0 Å². The van der Waals surface area contributed by atoms with Crippen LogP contribution >= 0.6 is 23.2 Å². The Morgan fingerprint density at radius 1 is 1.16 bits per heavy atom. The van der Waals surface area contributed by atoms with E-state index in [0.717, 1.165) is 5.39 Å². The summed E-state index contributed by atoms with van der Waals surface area (Å²) in [5, 5.41) is 5.61. The van der Waals surface area contributed by atoms with Gasteiger partial charge in [-0.2, -0.15) is 0 Å². The first kappa shape index (κ1) is 22.1. The largest absolute Gasteiger partial charge is 0.399 e. The number of hydrogen-bond acceptors (Lipinski definition) is 6. The number of sulfonamides is 1. The predicted octanol–water partition coefficient (Wildman–Crippen LogP) is 4.77. The van der Waals surface area contributed by atoms with Gasteiger partial charge < -0.3 is 9.82 Å². The summed E-state index contributed by atoms with van der Waals surface area (Å²) in [5.74, 6) is 0. The number of nitrogens with zero attached hydrogens (tertiary/aromatic N) is 3. The molecule has 4 rings (SSSR count). The molecule has 0 radical (unpaired) electrons. The molecule has 0 bridgehead atoms. The zero-order chi connectivity index (χ0) is 22.9. The molecule has 0 unspecified atom stereocenters. The number of fused-ring (bicyclic) bond motifs is 1. The molecular formula is C21H17Cl2N5O3S. The number of halogens is 2. The Morgan fingerprint density at radius 2 is 1.97 bits per heavy atom. The second-order valence-electron chi connectivity index (χ2n) is 6.79. The second-order valence-corrected chi connectivity index (χ2v) is 9.31. The fourth-order valence-corrected chi connectivity index (χ4v) is 4.59. The van der Waals surface area contributed by atoms with Gasteiger partial charge in [0.05, 0.1) is 15.6 Å². The van der Waals surface area contributed by atoms with Crippen molar-refractivity contribution in [3.05, 3.63) is 81.9 Å². The topological polar surface area (TPSA) is 109 Å². The van der Waals surface area contributed by atoms with Crippen LogP contribution in [0.25, 0.3) is 11.0 Å². The minimum atomic E-state index is -3.98. The summed E-state index contributed by atoms with van der Waals surface area (Å²) in [5.41, 5.74) is 2.60. The number of pyridine rings is 2. The number of hydrogen-bond donors (Lipinski definition) is 2. The van der Waals surface area contributed by atoms with Gasteiger partial charge in [0.15, 0.2) is 0 Å². The van der Waals surface area contributed by atoms with Gasteiger partial charge >= 0.3 is 0 Å². The van der Waals surface area contributed by atoms with E-state index >= 15 is 0 Å². The molecule has 0 aliphatic carbocycles. The van der Waals surface area contributed by atoms with Gasteiger partial charge in [-0.3, -0.25) is 9.71 Å². The lowest BCUT2D eigenvalue weighted by molar-refractivity contribution is 0.214. The molecule has 0 aliphatic heterocycles. The lowest BCUT2D eigenvalue weighted by Crippen LogP contribution is -2.18. The van der Waals surface area contributed by atoms with Crippen LogP contribution in [0, 0.1) is 6.92 Å². The van der Waals surface area contributed by atoms with E-state index in [0.29, 0.717) is 27.5 Å². The lowest BCUT2D eigenvalue weighted by atomic mass is 10.0. The van der Waals surface area contributed by atoms with E-state index in [9.17, 15) is 8.42 Å². The molecule has 0 amide bonds. The molecule has 3 heterocycles. The van der Waals surface area contributed by atoms with Crippen LogP contribution in [0.15, 0.2) is 65.0 Å². The van der Waals surface area contributed by atoms with Crippen LogP contribution in [0.5, 0.6) is 0 Å². The van der Waals surface area contributed by atoms with Gasteiger partial charge in [-0.15, -0.1) is 0 Å². The summed E-state index contributed by atoms with van der Waals surface area (Å²) >= 11 is 12.2. The van der Waals surface area contributed by atoms with Crippen LogP contribution in [0.1, 0.15) is 16.8 Å². The van der Waals surface area contributed by atoms with Crippen LogP contribution < -0.4 is 4.72 Å². The van der Waals surface area contributed by atoms with Crippen molar-refractivity contribution in [2.75, 3.05) is 11.8 Å². The van der Waals surface area contributed by atoms with Crippen LogP contribution in [0.4, 0.5) is 5.69 Å². The summed E-state index contributed by atoms with van der Waals surface area (Å²) < 4.78 is 28.8. The van der Waals surface area contributed by atoms with Crippen LogP contribution in [-0.2, 0) is 14.9 Å². The van der Waals surface area contributed by atoms with Crippen molar-refractivity contribution in [1.82, 2.24) is 15.0 Å². The predicted molar refractivity (Wildman–Crippen MR) is 125 cm³/mol. The number of aromatic amines is 1. The number of aryl methyl sites for hydroxylation is 1. The minimum absolute atomic E-state index is 0.0486. The highest BCUT2D eigenvalue weighted by atomic mass is 35.5. The summed E-state index contributed by atoms with van der Waals surface area (Å²) in [7, 11) is -2.58. The fraction of sp³-hybridized carbons (Fsp3) is 0.0952. The highest BCUT2D eigenvalue weighted by molar-refractivity contribution is 7.92. The molecule has 32 heavy (non-hydrogen) atoms. The van der Waals surface area contributed by atoms with Crippen LogP contribution in [0.2, 0.25) is 10.0 Å². The van der Waals surface area contributed by atoms with E-state index in [4.69, 9.17) is 28.0 Å². The Morgan fingerprint density at radius 3 is 2.72 bits per heavy atom. The van der Waals surface area contributed by atoms with Gasteiger partial charge in [0.25, 0.3) is 10.0 Å². The summed E-state index contributed by atoms with van der Waals surface area (Å²) in [6, 6.07) is 9.47. The first-order chi connectivity index (χ1) is 15.3. The van der Waals surface area contributed by atoms with Crippen LogP contribution in [-0.4, -0.2) is 36.2 Å². The van der Waals surface area contributed by atoms with Gasteiger partial charge in [0, 0.05) is 34.6 Å². The molecule has 1 aromatic carbocycles. The van der Waals surface area contributed by atoms with E-state index in [1.807, 2.05) is 6.07 Å². The first-order valence-corrected chi connectivity index (χ1v) is 11.5. The molecule has 0 spiro atoms. The third kappa shape index (κ3) is 4.27. The fourth-order valence-electron chi connectivity index (χ4n) is 3.17. The van der Waals surface area contributed by atoms with Crippen molar-refractivity contribution in [1.29, 1.82) is 0 Å². The maximum absolute atomic E-state index is 13.1. The molecule has 2 N–H and O–H groups in total. The number of rotatable bonds is 6. The van der Waals surface area contributed by atoms with Crippen molar-refractivity contribution >= 4 is 55.7 Å². The zero-order valence-corrected chi connectivity index (χ0v) is 19.3. The Bertz CT molecular complexity index is 1450. The Kier molecular flexibility index (Phi) is 6.05. The smallest absolute Gasteiger partial charge is 0.261 e. The Labute approximate surface area is 194 Å². The van der Waals surface area contributed by atoms with Gasteiger partial charge in [0.1, 0.15) is 24.2 Å². The average Bonchev–Trinajstić information content (AvgIpc) is 3.23. The normalized spacial score (nSPS) is 12.2. The second kappa shape index (κ2) is 8.78. The highest BCUT2D eigenvalue weighted by Gasteiger charge is 2.23. The van der Waals surface area contributed by atoms with E-state index in [2.05, 4.69) is 24.8 Å². The van der Waals surface area contributed by atoms with E-state index < -0.39 is 10.0 Å². The quantitative estimate of drug-likeness (QED) is 0.299. The van der Waals surface area contributed by atoms with Crippen molar-refractivity contribution < 1.29 is 13.3 Å². The monoisotopic (exact) mass is 489 g/mol. The zero-order valence-electron chi connectivity index (χ0n) is 16.9. The summed E-state index contributed by atoms with van der Waals surface area (Å²) in [6.07, 6.45) is 4.75. The van der Waals surface area contributed by atoms with Gasteiger partial charge in [-0.1, -0.05) is 28.4 Å². The average molecular weight is 490 g/mol. The Hall–Kier alpha value is -3.14. The van der Waals surface area contributed by atoms with E-state index in [-0.39, 0.29) is 21.3 Å². The third-order valence-electron chi connectivity index (χ3n) is 4.66. The molecule has 0 saturated carbocycles. The van der Waals surface area contributed by atoms with E-state index in [1.54, 1.807) is 25.4 Å². The van der Waals surface area contributed by atoms with Crippen molar-refractivity contribution in [3.8, 4) is 0 Å². The Balaban J connectivity index is 1.85. The van der Waals surface area contributed by atoms with Crippen molar-refractivity contribution in [2.45, 2.75) is 11.8 Å². The molecule has 11 heteroatoms. The lowest BCUT2D eigenvalue weighted by Gasteiger charge is -2.15. The van der Waals surface area contributed by atoms with Crippen molar-refractivity contribution in [3.63, 3.8) is 0 Å². The molecule has 0 atom stereocenters. The molecule has 0 saturated heterocycles. The first-order valence-electron chi connectivity index (χ1n) is 9.28. The van der Waals surface area contributed by atoms with Crippen molar-refractivity contribution in [2.24, 2.45) is 5.16 Å². The maximum Gasteiger partial charge on any atom is 0.261 e. The molecular weight excluding hydrogens is 473 g/mol. The number of aromatic nitrogens is 3. The maximum atomic E-state index is 13.1. The van der Waals surface area contributed by atoms with Gasteiger partial charge in [0.2, 0.25) is 0 Å². The molecule has 0 fully saturated rings.